The molecule has 4 rings (SSSR count). The van der Waals surface area contributed by atoms with E-state index in [-0.39, 0.29) is 6.03 Å². The van der Waals surface area contributed by atoms with Gasteiger partial charge in [-0.15, -0.1) is 0 Å². The molecule has 0 spiro atoms. The molecule has 0 radical (unpaired) electrons. The Labute approximate surface area is 163 Å². The van der Waals surface area contributed by atoms with Crippen LogP contribution >= 0.6 is 0 Å². The molecule has 2 aromatic carbocycles. The summed E-state index contributed by atoms with van der Waals surface area (Å²) in [4.78, 5) is 21.2. The molecule has 2 heterocycles. The van der Waals surface area contributed by atoms with E-state index in [1.54, 1.807) is 0 Å². The van der Waals surface area contributed by atoms with E-state index in [2.05, 4.69) is 24.8 Å². The Bertz CT molecular complexity index is 1110. The molecule has 2 N–H and O–H groups in total. The number of para-hydroxylation sites is 1. The van der Waals surface area contributed by atoms with Gasteiger partial charge in [-0.25, -0.2) is 14.8 Å². The summed E-state index contributed by atoms with van der Waals surface area (Å²) in [5.41, 5.74) is 3.34. The van der Waals surface area contributed by atoms with E-state index >= 15 is 0 Å². The second-order valence-electron chi connectivity index (χ2n) is 6.65. The highest BCUT2D eigenvalue weighted by Gasteiger charge is 2.10. The van der Waals surface area contributed by atoms with Crippen molar-refractivity contribution >= 4 is 28.4 Å². The van der Waals surface area contributed by atoms with E-state index in [9.17, 15) is 4.79 Å². The molecule has 0 fully saturated rings. The molecule has 0 unspecified atom stereocenters. The number of carbonyl (C=O) groups is 1. The fraction of sp³-hybridized carbons (Fsp3) is 0.190. The number of rotatable bonds is 5. The molecule has 0 aliphatic rings. The molecule has 2 amide bonds. The predicted octanol–water partition coefficient (Wildman–Crippen LogP) is 3.96. The minimum atomic E-state index is -0.280. The number of nitrogens with zero attached hydrogens (tertiary/aromatic N) is 4. The third-order valence-electron chi connectivity index (χ3n) is 4.76. The summed E-state index contributed by atoms with van der Waals surface area (Å²) in [7, 11) is 2.01. The molecule has 2 aromatic heterocycles. The number of fused-ring (bicyclic) bond motifs is 1. The van der Waals surface area contributed by atoms with Crippen LogP contribution in [-0.4, -0.2) is 25.1 Å². The van der Waals surface area contributed by atoms with Gasteiger partial charge in [-0.3, -0.25) is 0 Å². The molecule has 0 bridgehead atoms. The highest BCUT2D eigenvalue weighted by atomic mass is 16.2. The lowest BCUT2D eigenvalue weighted by Gasteiger charge is -2.07. The Hall–Kier alpha value is -3.61. The van der Waals surface area contributed by atoms with Gasteiger partial charge in [0.15, 0.2) is 0 Å². The van der Waals surface area contributed by atoms with Crippen LogP contribution in [0.1, 0.15) is 11.6 Å². The zero-order valence-corrected chi connectivity index (χ0v) is 15.9. The quantitative estimate of drug-likeness (QED) is 0.555. The molecule has 0 saturated carbocycles. The first-order valence-corrected chi connectivity index (χ1v) is 9.16. The van der Waals surface area contributed by atoms with Crippen LogP contribution in [0.4, 0.5) is 16.2 Å². The number of aryl methyl sites for hydroxylation is 4. The number of imidazole rings is 2. The second-order valence-corrected chi connectivity index (χ2v) is 6.65. The van der Waals surface area contributed by atoms with Gasteiger partial charge < -0.3 is 19.8 Å². The van der Waals surface area contributed by atoms with Gasteiger partial charge in [-0.05, 0) is 37.3 Å². The summed E-state index contributed by atoms with van der Waals surface area (Å²) in [5, 5.41) is 5.67. The summed E-state index contributed by atoms with van der Waals surface area (Å²) in [5.74, 6) is 1.99. The first-order valence-electron chi connectivity index (χ1n) is 9.16. The number of carbonyl (C=O) groups excluding carboxylic acids is 1. The molecular formula is C21H22N6O. The maximum Gasteiger partial charge on any atom is 0.323 e. The molecular weight excluding hydrogens is 352 g/mol. The normalized spacial score (nSPS) is 10.9. The van der Waals surface area contributed by atoms with Crippen molar-refractivity contribution in [2.75, 3.05) is 10.6 Å². The zero-order chi connectivity index (χ0) is 19.5. The fourth-order valence-corrected chi connectivity index (χ4v) is 3.23. The van der Waals surface area contributed by atoms with E-state index in [4.69, 9.17) is 4.98 Å². The lowest BCUT2D eigenvalue weighted by Crippen LogP contribution is -2.19. The van der Waals surface area contributed by atoms with Gasteiger partial charge in [0.25, 0.3) is 0 Å². The van der Waals surface area contributed by atoms with Crippen molar-refractivity contribution in [2.45, 2.75) is 19.9 Å². The Morgan fingerprint density at radius 1 is 1.07 bits per heavy atom. The van der Waals surface area contributed by atoms with Gasteiger partial charge in [0.05, 0.1) is 11.0 Å². The maximum atomic E-state index is 12.2. The number of benzene rings is 2. The van der Waals surface area contributed by atoms with Crippen molar-refractivity contribution in [3.63, 3.8) is 0 Å². The van der Waals surface area contributed by atoms with Crippen molar-refractivity contribution in [1.82, 2.24) is 19.1 Å². The lowest BCUT2D eigenvalue weighted by atomic mass is 10.2. The van der Waals surface area contributed by atoms with Crippen molar-refractivity contribution in [3.05, 3.63) is 72.6 Å². The van der Waals surface area contributed by atoms with Gasteiger partial charge in [0, 0.05) is 43.8 Å². The van der Waals surface area contributed by atoms with E-state index in [1.807, 2.05) is 74.9 Å². The molecule has 142 valence electrons. The largest absolute Gasteiger partial charge is 0.335 e. The first-order chi connectivity index (χ1) is 13.6. The summed E-state index contributed by atoms with van der Waals surface area (Å²) in [6.07, 6.45) is 4.59. The van der Waals surface area contributed by atoms with Crippen molar-refractivity contribution < 1.29 is 4.79 Å². The summed E-state index contributed by atoms with van der Waals surface area (Å²) >= 11 is 0. The topological polar surface area (TPSA) is 76.8 Å². The number of aromatic nitrogens is 4. The maximum absolute atomic E-state index is 12.2. The standard InChI is InChI=1S/C21H22N6O/c1-15-22-11-13-27(15)12-10-20-25-18-14-17(8-9-19(18)26(20)2)24-21(28)23-16-6-4-3-5-7-16/h3-9,11,13-14H,10,12H2,1-2H3,(H2,23,24,28). The third kappa shape index (κ3) is 3.73. The van der Waals surface area contributed by atoms with Gasteiger partial charge in [-0.2, -0.15) is 0 Å². The SMILES string of the molecule is Cc1nccn1CCc1nc2cc(NC(=O)Nc3ccccc3)ccc2n1C. The van der Waals surface area contributed by atoms with Crippen molar-refractivity contribution in [3.8, 4) is 0 Å². The Morgan fingerprint density at radius 3 is 2.61 bits per heavy atom. The molecule has 7 nitrogen and oxygen atoms in total. The number of hydrogen-bond acceptors (Lipinski definition) is 3. The summed E-state index contributed by atoms with van der Waals surface area (Å²) in [6.45, 7) is 2.82. The van der Waals surface area contributed by atoms with Crippen LogP contribution in [0.25, 0.3) is 11.0 Å². The monoisotopic (exact) mass is 374 g/mol. The zero-order valence-electron chi connectivity index (χ0n) is 15.9. The average Bonchev–Trinajstić information content (AvgIpc) is 3.23. The summed E-state index contributed by atoms with van der Waals surface area (Å²) in [6, 6.07) is 14.8. The number of anilines is 2. The number of hydrogen-bond donors (Lipinski definition) is 2. The second kappa shape index (κ2) is 7.56. The molecule has 0 atom stereocenters. The highest BCUT2D eigenvalue weighted by Crippen LogP contribution is 2.20. The van der Waals surface area contributed by atoms with Crippen LogP contribution in [0, 0.1) is 6.92 Å². The smallest absolute Gasteiger partial charge is 0.323 e. The minimum Gasteiger partial charge on any atom is -0.335 e. The van der Waals surface area contributed by atoms with Gasteiger partial charge in [0.1, 0.15) is 11.6 Å². The summed E-state index contributed by atoms with van der Waals surface area (Å²) < 4.78 is 4.20. The average molecular weight is 374 g/mol. The Morgan fingerprint density at radius 2 is 1.86 bits per heavy atom. The Kier molecular flexibility index (Phi) is 4.80. The van der Waals surface area contributed by atoms with Gasteiger partial charge in [-0.1, -0.05) is 18.2 Å². The highest BCUT2D eigenvalue weighted by molar-refractivity contribution is 6.00. The molecule has 7 heteroatoms. The first kappa shape index (κ1) is 17.8. The fourth-order valence-electron chi connectivity index (χ4n) is 3.23. The van der Waals surface area contributed by atoms with Crippen LogP contribution in [0.3, 0.4) is 0 Å². The van der Waals surface area contributed by atoms with E-state index in [0.717, 1.165) is 41.3 Å². The molecule has 0 aliphatic carbocycles. The number of nitrogens with one attached hydrogen (secondary N) is 2. The number of amides is 2. The molecule has 28 heavy (non-hydrogen) atoms. The predicted molar refractivity (Wildman–Crippen MR) is 110 cm³/mol. The van der Waals surface area contributed by atoms with Gasteiger partial charge >= 0.3 is 6.03 Å². The molecule has 0 aliphatic heterocycles. The number of urea groups is 1. The van der Waals surface area contributed by atoms with Crippen LogP contribution < -0.4 is 10.6 Å². The van der Waals surface area contributed by atoms with Gasteiger partial charge in [0.2, 0.25) is 0 Å². The Balaban J connectivity index is 1.48. The molecule has 4 aromatic rings. The minimum absolute atomic E-state index is 0.280. The van der Waals surface area contributed by atoms with E-state index in [1.165, 1.54) is 0 Å². The third-order valence-corrected chi connectivity index (χ3v) is 4.76. The van der Waals surface area contributed by atoms with Crippen LogP contribution in [0.15, 0.2) is 60.9 Å². The van der Waals surface area contributed by atoms with Crippen molar-refractivity contribution in [1.29, 1.82) is 0 Å². The van der Waals surface area contributed by atoms with Crippen LogP contribution in [-0.2, 0) is 20.0 Å². The van der Waals surface area contributed by atoms with Crippen LogP contribution in [0.2, 0.25) is 0 Å². The van der Waals surface area contributed by atoms with E-state index in [0.29, 0.717) is 5.69 Å². The van der Waals surface area contributed by atoms with E-state index < -0.39 is 0 Å². The molecule has 0 saturated heterocycles. The lowest BCUT2D eigenvalue weighted by molar-refractivity contribution is 0.262. The van der Waals surface area contributed by atoms with Crippen molar-refractivity contribution in [2.24, 2.45) is 7.05 Å². The van der Waals surface area contributed by atoms with Crippen LogP contribution in [0.5, 0.6) is 0 Å².